The van der Waals surface area contributed by atoms with Crippen molar-refractivity contribution < 1.29 is 13.6 Å². The Morgan fingerprint density at radius 2 is 2.08 bits per heavy atom. The third kappa shape index (κ3) is 3.91. The van der Waals surface area contributed by atoms with E-state index < -0.39 is 5.76 Å². The van der Waals surface area contributed by atoms with Crippen LogP contribution in [0.3, 0.4) is 0 Å². The number of amides is 1. The summed E-state index contributed by atoms with van der Waals surface area (Å²) in [7, 11) is 0. The summed E-state index contributed by atoms with van der Waals surface area (Å²) in [6.45, 7) is 2.77. The molecule has 0 spiro atoms. The smallest absolute Gasteiger partial charge is 0.285 e. The monoisotopic (exact) mass is 210 g/mol. The van der Waals surface area contributed by atoms with Crippen LogP contribution in [0.15, 0.2) is 0 Å². The van der Waals surface area contributed by atoms with E-state index >= 15 is 0 Å². The maximum Gasteiger partial charge on any atom is 0.285 e. The second kappa shape index (κ2) is 5.39. The normalized spacial score (nSPS) is 17.9. The number of halogens is 2. The van der Waals surface area contributed by atoms with Crippen LogP contribution < -0.4 is 5.32 Å². The molecule has 1 rings (SSSR count). The predicted octanol–water partition coefficient (Wildman–Crippen LogP) is 0.374. The number of hydrogen-bond acceptors (Lipinski definition) is 3. The van der Waals surface area contributed by atoms with Crippen molar-refractivity contribution in [2.24, 2.45) is 0 Å². The molecule has 1 saturated heterocycles. The molecule has 0 bridgehead atoms. The van der Waals surface area contributed by atoms with Crippen molar-refractivity contribution in [1.29, 1.82) is 0 Å². The number of piperazine rings is 1. The van der Waals surface area contributed by atoms with Crippen molar-refractivity contribution >= 4 is 17.7 Å². The molecule has 1 aliphatic rings. The molecule has 0 saturated carbocycles. The Bertz CT molecular complexity index is 174. The average molecular weight is 210 g/mol. The molecular formula is C7H12F2N2OS. The summed E-state index contributed by atoms with van der Waals surface area (Å²) in [5.74, 6) is -2.75. The van der Waals surface area contributed by atoms with Gasteiger partial charge < -0.3 is 10.2 Å². The van der Waals surface area contributed by atoms with Gasteiger partial charge in [0.1, 0.15) is 0 Å². The first kappa shape index (κ1) is 10.7. The second-order valence-electron chi connectivity index (χ2n) is 2.70. The quantitative estimate of drug-likeness (QED) is 0.730. The van der Waals surface area contributed by atoms with Crippen molar-refractivity contribution in [3.8, 4) is 0 Å². The number of nitrogens with zero attached hydrogens (tertiary/aromatic N) is 1. The van der Waals surface area contributed by atoms with Gasteiger partial charge in [-0.25, -0.2) is 0 Å². The first-order valence-electron chi connectivity index (χ1n) is 4.08. The summed E-state index contributed by atoms with van der Waals surface area (Å²) in [5.41, 5.74) is 0. The summed E-state index contributed by atoms with van der Waals surface area (Å²) in [6.07, 6.45) is 0. The van der Waals surface area contributed by atoms with Gasteiger partial charge in [0.2, 0.25) is 5.91 Å². The van der Waals surface area contributed by atoms with E-state index in [0.717, 1.165) is 13.1 Å². The lowest BCUT2D eigenvalue weighted by molar-refractivity contribution is -0.128. The third-order valence-electron chi connectivity index (χ3n) is 1.80. The number of alkyl halides is 2. The van der Waals surface area contributed by atoms with Gasteiger partial charge in [-0.1, -0.05) is 11.8 Å². The maximum absolute atomic E-state index is 11.7. The Hall–Kier alpha value is -0.360. The van der Waals surface area contributed by atoms with Gasteiger partial charge in [0.25, 0.3) is 5.76 Å². The fraction of sp³-hybridized carbons (Fsp3) is 0.857. The fourth-order valence-corrected chi connectivity index (χ4v) is 1.59. The van der Waals surface area contributed by atoms with Crippen LogP contribution in [0, 0.1) is 0 Å². The predicted molar refractivity (Wildman–Crippen MR) is 47.9 cm³/mol. The van der Waals surface area contributed by atoms with E-state index in [-0.39, 0.29) is 11.7 Å². The third-order valence-corrected chi connectivity index (χ3v) is 2.47. The molecule has 3 nitrogen and oxygen atoms in total. The van der Waals surface area contributed by atoms with Crippen LogP contribution >= 0.6 is 11.8 Å². The van der Waals surface area contributed by atoms with Crippen molar-refractivity contribution in [2.45, 2.75) is 5.76 Å². The van der Waals surface area contributed by atoms with Crippen LogP contribution in [0.1, 0.15) is 0 Å². The van der Waals surface area contributed by atoms with Crippen molar-refractivity contribution in [1.82, 2.24) is 10.2 Å². The number of thioether (sulfide) groups is 1. The van der Waals surface area contributed by atoms with E-state index in [4.69, 9.17) is 0 Å². The number of carbonyl (C=O) groups excluding carboxylic acids is 1. The van der Waals surface area contributed by atoms with Crippen LogP contribution in [-0.4, -0.2) is 48.5 Å². The van der Waals surface area contributed by atoms with Crippen LogP contribution in [0.2, 0.25) is 0 Å². The summed E-state index contributed by atoms with van der Waals surface area (Å²) in [5, 5.41) is 3.09. The van der Waals surface area contributed by atoms with Gasteiger partial charge in [0, 0.05) is 26.2 Å². The Morgan fingerprint density at radius 1 is 1.46 bits per heavy atom. The van der Waals surface area contributed by atoms with E-state index in [9.17, 15) is 13.6 Å². The molecule has 1 amide bonds. The van der Waals surface area contributed by atoms with Gasteiger partial charge in [0.15, 0.2) is 0 Å². The molecule has 0 aromatic carbocycles. The summed E-state index contributed by atoms with van der Waals surface area (Å²) in [6, 6.07) is 0. The van der Waals surface area contributed by atoms with Gasteiger partial charge in [-0.05, 0) is 0 Å². The standard InChI is InChI=1S/C7H12F2N2OS/c8-7(9)13-5-6(12)11-3-1-10-2-4-11/h7,10H,1-5H2. The molecule has 1 N–H and O–H groups in total. The minimum atomic E-state index is -2.45. The lowest BCUT2D eigenvalue weighted by Gasteiger charge is -2.27. The Balaban J connectivity index is 2.21. The van der Waals surface area contributed by atoms with Gasteiger partial charge >= 0.3 is 0 Å². The largest absolute Gasteiger partial charge is 0.339 e. The molecule has 0 unspecified atom stereocenters. The highest BCUT2D eigenvalue weighted by atomic mass is 32.2. The highest BCUT2D eigenvalue weighted by Gasteiger charge is 2.17. The minimum Gasteiger partial charge on any atom is -0.339 e. The van der Waals surface area contributed by atoms with Crippen molar-refractivity contribution in [3.05, 3.63) is 0 Å². The van der Waals surface area contributed by atoms with E-state index in [1.807, 2.05) is 0 Å². The highest BCUT2D eigenvalue weighted by Crippen LogP contribution is 2.13. The highest BCUT2D eigenvalue weighted by molar-refractivity contribution is 8.00. The topological polar surface area (TPSA) is 32.3 Å². The van der Waals surface area contributed by atoms with Crippen molar-refractivity contribution in [2.75, 3.05) is 31.9 Å². The molecule has 1 fully saturated rings. The molecule has 1 aliphatic heterocycles. The summed E-state index contributed by atoms with van der Waals surface area (Å²) in [4.78, 5) is 12.9. The molecule has 0 aliphatic carbocycles. The second-order valence-corrected chi connectivity index (χ2v) is 3.68. The van der Waals surface area contributed by atoms with Gasteiger partial charge in [-0.3, -0.25) is 4.79 Å². The minimum absolute atomic E-state index is 0.113. The van der Waals surface area contributed by atoms with Crippen LogP contribution in [0.5, 0.6) is 0 Å². The molecule has 76 valence electrons. The summed E-state index contributed by atoms with van der Waals surface area (Å²) < 4.78 is 23.5. The average Bonchev–Trinajstić information content (AvgIpc) is 2.15. The van der Waals surface area contributed by atoms with Gasteiger partial charge in [-0.2, -0.15) is 8.78 Å². The SMILES string of the molecule is O=C(CSC(F)F)N1CCNCC1. The van der Waals surface area contributed by atoms with Gasteiger partial charge in [0.05, 0.1) is 5.75 Å². The Labute approximate surface area is 79.8 Å². The number of rotatable bonds is 3. The zero-order chi connectivity index (χ0) is 9.68. The lowest BCUT2D eigenvalue weighted by Crippen LogP contribution is -2.47. The Kier molecular flexibility index (Phi) is 4.44. The fourth-order valence-electron chi connectivity index (χ4n) is 1.14. The van der Waals surface area contributed by atoms with E-state index in [0.29, 0.717) is 24.9 Å². The summed E-state index contributed by atoms with van der Waals surface area (Å²) >= 11 is 0.388. The molecule has 6 heteroatoms. The molecule has 13 heavy (non-hydrogen) atoms. The van der Waals surface area contributed by atoms with Crippen LogP contribution in [-0.2, 0) is 4.79 Å². The Morgan fingerprint density at radius 3 is 2.62 bits per heavy atom. The zero-order valence-electron chi connectivity index (χ0n) is 7.13. The van der Waals surface area contributed by atoms with Crippen molar-refractivity contribution in [3.63, 3.8) is 0 Å². The van der Waals surface area contributed by atoms with E-state index in [1.54, 1.807) is 4.90 Å². The zero-order valence-corrected chi connectivity index (χ0v) is 7.95. The molecule has 0 radical (unpaired) electrons. The van der Waals surface area contributed by atoms with E-state index in [2.05, 4.69) is 5.32 Å². The van der Waals surface area contributed by atoms with Gasteiger partial charge in [-0.15, -0.1) is 0 Å². The lowest BCUT2D eigenvalue weighted by atomic mass is 10.3. The first-order valence-corrected chi connectivity index (χ1v) is 5.13. The maximum atomic E-state index is 11.7. The number of hydrogen-bond donors (Lipinski definition) is 1. The molecule has 1 heterocycles. The first-order chi connectivity index (χ1) is 6.20. The van der Waals surface area contributed by atoms with E-state index in [1.165, 1.54) is 0 Å². The van der Waals surface area contributed by atoms with Crippen LogP contribution in [0.25, 0.3) is 0 Å². The molecule has 0 aromatic heterocycles. The molecular weight excluding hydrogens is 198 g/mol. The number of carbonyl (C=O) groups is 1. The number of nitrogens with one attached hydrogen (secondary N) is 1. The van der Waals surface area contributed by atoms with Crippen LogP contribution in [0.4, 0.5) is 8.78 Å². The molecule has 0 aromatic rings. The molecule has 0 atom stereocenters.